The highest BCUT2D eigenvalue weighted by Crippen LogP contribution is 2.37. The van der Waals surface area contributed by atoms with Gasteiger partial charge in [0.2, 0.25) is 23.6 Å². The molecular weight excluding hydrogens is 988 g/mol. The highest BCUT2D eigenvalue weighted by molar-refractivity contribution is 6.12. The van der Waals surface area contributed by atoms with E-state index in [-0.39, 0.29) is 73.9 Å². The maximum Gasteiger partial charge on any atom is 0.506 e. The number of anilines is 1. The van der Waals surface area contributed by atoms with Crippen LogP contribution in [-0.4, -0.2) is 102 Å². The number of ether oxygens (including phenoxy) is 1. The number of pyridine rings is 2. The molecule has 2 aromatic carbocycles. The highest BCUT2D eigenvalue weighted by atomic mass is 19.1. The molecular formula is C53H67FN10O12. The van der Waals surface area contributed by atoms with Crippen LogP contribution in [0.4, 0.5) is 14.9 Å². The average molecular weight is 1060 g/mol. The van der Waals surface area contributed by atoms with E-state index in [1.165, 1.54) is 40.9 Å². The number of aliphatic carboxylic acids is 1. The number of nitrogens with zero attached hydrogens (tertiary/aromatic N) is 4. The van der Waals surface area contributed by atoms with Crippen LogP contribution in [0.5, 0.6) is 0 Å². The summed E-state index contributed by atoms with van der Waals surface area (Å²) in [7, 11) is 0. The zero-order chi connectivity index (χ0) is 56.6. The van der Waals surface area contributed by atoms with Gasteiger partial charge in [-0.05, 0) is 86.1 Å². The Balaban J connectivity index is 0.00000168. The van der Waals surface area contributed by atoms with Gasteiger partial charge in [0.25, 0.3) is 17.4 Å². The van der Waals surface area contributed by atoms with E-state index in [9.17, 15) is 47.5 Å². The number of hydrogen-bond acceptors (Lipinski definition) is 14. The first-order valence-corrected chi connectivity index (χ1v) is 24.7. The monoisotopic (exact) mass is 1050 g/mol. The third-order valence-corrected chi connectivity index (χ3v) is 12.1. The van der Waals surface area contributed by atoms with Crippen LogP contribution in [0.25, 0.3) is 28.0 Å². The minimum Gasteiger partial charge on any atom is -0.481 e. The number of hydrazine groups is 1. The Kier molecular flexibility index (Phi) is 21.9. The second-order valence-corrected chi connectivity index (χ2v) is 18.0. The number of hydrogen-bond donors (Lipinski definition) is 8. The summed E-state index contributed by atoms with van der Waals surface area (Å²) in [6, 6.07) is 9.22. The van der Waals surface area contributed by atoms with E-state index in [0.717, 1.165) is 4.90 Å². The molecule has 6 rings (SSSR count). The van der Waals surface area contributed by atoms with Crippen molar-refractivity contribution in [1.29, 1.82) is 0 Å². The number of carboxylic acids is 1. The summed E-state index contributed by atoms with van der Waals surface area (Å²) in [6.45, 7) is 13.5. The third-order valence-electron chi connectivity index (χ3n) is 12.1. The lowest BCUT2D eigenvalue weighted by Gasteiger charge is -2.24. The van der Waals surface area contributed by atoms with Crippen molar-refractivity contribution in [2.45, 2.75) is 119 Å². The summed E-state index contributed by atoms with van der Waals surface area (Å²) in [5, 5.41) is 29.2. The number of carbonyl (C=O) groups excluding carboxylic acids is 6. The average Bonchev–Trinajstić information content (AvgIpc) is 3.90. The van der Waals surface area contributed by atoms with Gasteiger partial charge in [0, 0.05) is 60.4 Å². The normalized spacial score (nSPS) is 13.1. The molecule has 0 fully saturated rings. The van der Waals surface area contributed by atoms with Gasteiger partial charge in [-0.2, -0.15) is 0 Å². The molecule has 23 heteroatoms. The fraction of sp³-hybridized carbons (Fsp3) is 0.396. The number of fused-ring (bicyclic) bond motifs is 4. The van der Waals surface area contributed by atoms with Crippen molar-refractivity contribution in [3.05, 3.63) is 110 Å². The molecule has 6 amide bonds. The van der Waals surface area contributed by atoms with E-state index in [1.54, 1.807) is 71.0 Å². The lowest BCUT2D eigenvalue weighted by molar-refractivity contribution is -0.138. The van der Waals surface area contributed by atoms with Crippen molar-refractivity contribution in [3.63, 3.8) is 0 Å². The predicted octanol–water partition coefficient (Wildman–Crippen LogP) is 4.70. The summed E-state index contributed by atoms with van der Waals surface area (Å²) < 4.78 is 21.1. The minimum atomic E-state index is -1.51. The van der Waals surface area contributed by atoms with Crippen LogP contribution in [0.1, 0.15) is 107 Å². The molecule has 2 unspecified atom stereocenters. The number of nitrogens with two attached hydrogens (primary N) is 2. The van der Waals surface area contributed by atoms with E-state index < -0.39 is 59.9 Å². The molecule has 4 heterocycles. The van der Waals surface area contributed by atoms with Gasteiger partial charge in [0.05, 0.1) is 47.8 Å². The fourth-order valence-electron chi connectivity index (χ4n) is 7.95. The van der Waals surface area contributed by atoms with E-state index >= 15 is 0 Å². The standard InChI is InChI=1S/C48H55FN10O10.C3H6O2.C2H6/c1-25(2)43(56-40(61)20-52-39(60)9-7-6-8-16-58-41(62)14-15-42(58)63)46(65)53-28(5)45(64)54-30-12-10-29(11-13-30)36(50)23-57(51)21-32-31-17-27(4)35(49)19-37(31)55-44-33(32)22-59-38(44)18-26(3)34(47(59)66)24-69-48(67)68;1-2-3(4)5;1-2/h10-15,17-19,23,25,28,43H,6-9,16,20-22,24,50-51H2,1-5H3,(H,52,60)(H,53,65)(H,54,64)(H,56,61)(H,67,68);2H2,1H3,(H,4,5);1-2H3/b36-23-;;. The summed E-state index contributed by atoms with van der Waals surface area (Å²) in [5.41, 5.74) is 11.0. The lowest BCUT2D eigenvalue weighted by Crippen LogP contribution is -2.55. The van der Waals surface area contributed by atoms with Crippen LogP contribution < -0.4 is 38.4 Å². The van der Waals surface area contributed by atoms with Crippen LogP contribution in [0.2, 0.25) is 0 Å². The number of carbonyl (C=O) groups is 8. The van der Waals surface area contributed by atoms with E-state index in [2.05, 4.69) is 21.3 Å². The van der Waals surface area contributed by atoms with Gasteiger partial charge >= 0.3 is 12.1 Å². The molecule has 2 aliphatic heterocycles. The van der Waals surface area contributed by atoms with Gasteiger partial charge in [-0.3, -0.25) is 43.3 Å². The van der Waals surface area contributed by atoms with Gasteiger partial charge in [-0.25, -0.2) is 20.0 Å². The molecule has 0 spiro atoms. The molecule has 0 radical (unpaired) electrons. The Morgan fingerprint density at radius 1 is 0.882 bits per heavy atom. The molecule has 4 aromatic rings. The third kappa shape index (κ3) is 16.0. The largest absolute Gasteiger partial charge is 0.506 e. The van der Waals surface area contributed by atoms with Crippen molar-refractivity contribution in [3.8, 4) is 11.4 Å². The number of aryl methyl sites for hydroxylation is 2. The number of imide groups is 1. The van der Waals surface area contributed by atoms with Crippen LogP contribution in [0.15, 0.2) is 65.6 Å². The number of unbranched alkanes of at least 4 members (excludes halogenated alkanes) is 2. The van der Waals surface area contributed by atoms with Gasteiger partial charge in [-0.15, -0.1) is 0 Å². The van der Waals surface area contributed by atoms with E-state index in [0.29, 0.717) is 75.1 Å². The summed E-state index contributed by atoms with van der Waals surface area (Å²) >= 11 is 0. The van der Waals surface area contributed by atoms with Crippen LogP contribution in [-0.2, 0) is 58.0 Å². The predicted molar refractivity (Wildman–Crippen MR) is 281 cm³/mol. The molecule has 2 aliphatic rings. The Morgan fingerprint density at radius 3 is 2.13 bits per heavy atom. The topological polar surface area (TPSA) is 328 Å². The minimum absolute atomic E-state index is 0.0651. The number of rotatable bonds is 21. The van der Waals surface area contributed by atoms with Crippen molar-refractivity contribution in [1.82, 2.24) is 35.4 Å². The summed E-state index contributed by atoms with van der Waals surface area (Å²) in [6.07, 6.45) is 4.39. The van der Waals surface area contributed by atoms with Crippen molar-refractivity contribution < 1.29 is 57.7 Å². The van der Waals surface area contributed by atoms with Crippen molar-refractivity contribution in [2.24, 2.45) is 17.5 Å². The maximum atomic E-state index is 14.9. The van der Waals surface area contributed by atoms with Crippen LogP contribution in [0.3, 0.4) is 0 Å². The van der Waals surface area contributed by atoms with Gasteiger partial charge < -0.3 is 51.5 Å². The molecule has 408 valence electrons. The number of nitrogens with one attached hydrogen (secondary N) is 4. The fourth-order valence-corrected chi connectivity index (χ4v) is 7.95. The van der Waals surface area contributed by atoms with Crippen LogP contribution >= 0.6 is 0 Å². The molecule has 0 saturated carbocycles. The Labute approximate surface area is 438 Å². The van der Waals surface area contributed by atoms with Crippen molar-refractivity contribution in [2.75, 3.05) is 18.4 Å². The molecule has 76 heavy (non-hydrogen) atoms. The Morgan fingerprint density at radius 2 is 1.53 bits per heavy atom. The highest BCUT2D eigenvalue weighted by Gasteiger charge is 2.30. The zero-order valence-electron chi connectivity index (χ0n) is 43.9. The smallest absolute Gasteiger partial charge is 0.481 e. The van der Waals surface area contributed by atoms with Crippen molar-refractivity contribution >= 4 is 69.9 Å². The molecule has 10 N–H and O–H groups in total. The summed E-state index contributed by atoms with van der Waals surface area (Å²) in [4.78, 5) is 115. The number of amides is 6. The SMILES string of the molecule is CC.CCC(=O)O.Cc1cc2c(CN(N)/C=C(\N)c3ccc(NC(=O)C(C)NC(=O)C(NC(=O)CNC(=O)CCCCCN4C(=O)C=CC4=O)C(C)C)cc3)c3c(nc2cc1F)-c1cc(C)c(COC(=O)O)c(=O)n1C3. The van der Waals surface area contributed by atoms with Crippen LogP contribution in [0, 0.1) is 25.6 Å². The first-order valence-electron chi connectivity index (χ1n) is 24.7. The molecule has 0 aliphatic carbocycles. The first kappa shape index (κ1) is 60.1. The second kappa shape index (κ2) is 27.7. The number of carboxylic acid groups (broad SMARTS) is 2. The quantitative estimate of drug-likeness (QED) is 0.0162. The summed E-state index contributed by atoms with van der Waals surface area (Å²) in [5.74, 6) is 2.15. The van der Waals surface area contributed by atoms with Gasteiger partial charge in [0.15, 0.2) is 0 Å². The number of benzene rings is 2. The molecule has 22 nitrogen and oxygen atoms in total. The van der Waals surface area contributed by atoms with Gasteiger partial charge in [-0.1, -0.05) is 53.2 Å². The molecule has 2 atom stereocenters. The Hall–Kier alpha value is -8.47. The first-order chi connectivity index (χ1) is 36.0. The van der Waals surface area contributed by atoms with E-state index in [4.69, 9.17) is 31.5 Å². The van der Waals surface area contributed by atoms with E-state index in [1.807, 2.05) is 13.8 Å². The second-order valence-electron chi connectivity index (χ2n) is 18.0. The zero-order valence-corrected chi connectivity index (χ0v) is 43.9. The molecule has 2 aromatic heterocycles. The number of halogens is 1. The maximum absolute atomic E-state index is 14.9. The lowest BCUT2D eigenvalue weighted by atomic mass is 9.98. The number of aromatic nitrogens is 2. The molecule has 0 saturated heterocycles. The Bertz CT molecular complexity index is 2950. The van der Waals surface area contributed by atoms with Gasteiger partial charge in [0.1, 0.15) is 24.5 Å². The molecule has 0 bridgehead atoms.